The fraction of sp³-hybridized carbons (Fsp3) is 0.650. The van der Waals surface area contributed by atoms with E-state index >= 15 is 0 Å². The molecule has 0 amide bonds. The van der Waals surface area contributed by atoms with Gasteiger partial charge in [-0.25, -0.2) is 0 Å². The van der Waals surface area contributed by atoms with Gasteiger partial charge in [0.1, 0.15) is 0 Å². The van der Waals surface area contributed by atoms with Crippen molar-refractivity contribution in [2.24, 2.45) is 0 Å². The van der Waals surface area contributed by atoms with E-state index in [1.807, 2.05) is 11.8 Å². The summed E-state index contributed by atoms with van der Waals surface area (Å²) in [5.74, 6) is 0.979. The minimum absolute atomic E-state index is 0. The summed E-state index contributed by atoms with van der Waals surface area (Å²) in [4.78, 5) is 2.96. The van der Waals surface area contributed by atoms with Crippen molar-refractivity contribution < 1.29 is 42.6 Å². The average Bonchev–Trinajstić information content (AvgIpc) is 3.00. The molecule has 1 fully saturated rings. The van der Waals surface area contributed by atoms with Gasteiger partial charge in [-0.2, -0.15) is 0 Å². The second-order valence-electron chi connectivity index (χ2n) is 6.47. The van der Waals surface area contributed by atoms with Crippen LogP contribution in [0.15, 0.2) is 24.3 Å². The number of aliphatic hydroxyl groups excluding tert-OH is 1. The van der Waals surface area contributed by atoms with Gasteiger partial charge in [0.05, 0.1) is 18.1 Å². The van der Waals surface area contributed by atoms with Crippen LogP contribution in [0.5, 0.6) is 0 Å². The Balaban J connectivity index is 0.00000338. The standard InChI is InChI=1S/C20H31BrNO2S.Y/c1-3-5-6-7-19(23)16-8-10-17(11-9-16)22-13-12-18(21)20(22)25-15-14-24-4-2;/h8-11,18-20,23H,2-7,12-15H2,1H3;/q-1;. The molecule has 26 heavy (non-hydrogen) atoms. The van der Waals surface area contributed by atoms with E-state index in [9.17, 15) is 5.11 Å². The zero-order chi connectivity index (χ0) is 18.1. The Morgan fingerprint density at radius 2 is 2.08 bits per heavy atom. The van der Waals surface area contributed by atoms with Gasteiger partial charge in [0.25, 0.3) is 0 Å². The summed E-state index contributed by atoms with van der Waals surface area (Å²) < 4.78 is 5.36. The molecular formula is C20H31BrNO2SY-. The predicted molar refractivity (Wildman–Crippen MR) is 113 cm³/mol. The summed E-state index contributed by atoms with van der Waals surface area (Å²) in [5, 5.41) is 10.7. The summed E-state index contributed by atoms with van der Waals surface area (Å²) in [5.41, 5.74) is 2.27. The molecule has 3 nitrogen and oxygen atoms in total. The molecular weight excluding hydrogens is 487 g/mol. The largest absolute Gasteiger partial charge is 0.413 e. The Morgan fingerprint density at radius 3 is 2.73 bits per heavy atom. The summed E-state index contributed by atoms with van der Waals surface area (Å²) in [7, 11) is 0. The van der Waals surface area contributed by atoms with Crippen molar-refractivity contribution in [2.45, 2.75) is 55.3 Å². The molecule has 2 rings (SSSR count). The van der Waals surface area contributed by atoms with Crippen LogP contribution in [-0.4, -0.2) is 40.8 Å². The molecule has 1 aliphatic heterocycles. The van der Waals surface area contributed by atoms with Crippen LogP contribution >= 0.6 is 27.7 Å². The van der Waals surface area contributed by atoms with Gasteiger partial charge in [-0.1, -0.05) is 60.9 Å². The molecule has 1 aromatic rings. The van der Waals surface area contributed by atoms with Crippen molar-refractivity contribution in [3.05, 3.63) is 36.8 Å². The van der Waals surface area contributed by atoms with Crippen LogP contribution in [0.25, 0.3) is 0 Å². The molecule has 6 heteroatoms. The van der Waals surface area contributed by atoms with Crippen molar-refractivity contribution >= 4 is 33.4 Å². The van der Waals surface area contributed by atoms with Crippen molar-refractivity contribution in [3.8, 4) is 0 Å². The third-order valence-corrected chi connectivity index (χ3v) is 7.25. The maximum Gasteiger partial charge on any atom is 0.0876 e. The SMILES string of the molecule is [CH2-]COCCSC1C(Br)CCN1c1ccc(C(O)CCCCC)cc1.[Y]. The summed E-state index contributed by atoms with van der Waals surface area (Å²) in [6.07, 6.45) is 5.12. The van der Waals surface area contributed by atoms with E-state index in [0.717, 1.165) is 43.7 Å². The van der Waals surface area contributed by atoms with Gasteiger partial charge in [0.15, 0.2) is 0 Å². The van der Waals surface area contributed by atoms with E-state index < -0.39 is 0 Å². The van der Waals surface area contributed by atoms with E-state index in [1.54, 1.807) is 0 Å². The van der Waals surface area contributed by atoms with Gasteiger partial charge in [0, 0.05) is 55.5 Å². The number of nitrogens with zero attached hydrogens (tertiary/aromatic N) is 1. The molecule has 0 saturated carbocycles. The normalized spacial score (nSPS) is 20.8. The zero-order valence-corrected chi connectivity index (χ0v) is 21.0. The van der Waals surface area contributed by atoms with Crippen LogP contribution in [0.4, 0.5) is 5.69 Å². The van der Waals surface area contributed by atoms with Gasteiger partial charge >= 0.3 is 0 Å². The van der Waals surface area contributed by atoms with E-state index in [0.29, 0.717) is 16.8 Å². The Morgan fingerprint density at radius 1 is 1.35 bits per heavy atom. The minimum atomic E-state index is -0.340. The Kier molecular flexibility index (Phi) is 13.4. The Labute approximate surface area is 197 Å². The number of thioether (sulfide) groups is 1. The number of anilines is 1. The molecule has 1 N–H and O–H groups in total. The van der Waals surface area contributed by atoms with E-state index in [-0.39, 0.29) is 38.8 Å². The van der Waals surface area contributed by atoms with Crippen LogP contribution in [0.2, 0.25) is 0 Å². The van der Waals surface area contributed by atoms with Crippen molar-refractivity contribution in [1.82, 2.24) is 0 Å². The average molecular weight is 518 g/mol. The van der Waals surface area contributed by atoms with Crippen LogP contribution in [0.3, 0.4) is 0 Å². The van der Waals surface area contributed by atoms with Gasteiger partial charge in [-0.05, 0) is 30.5 Å². The Bertz CT molecular complexity index is 491. The first-order valence-electron chi connectivity index (χ1n) is 9.34. The number of hydrogen-bond donors (Lipinski definition) is 1. The summed E-state index contributed by atoms with van der Waals surface area (Å²) >= 11 is 5.76. The molecule has 0 aromatic heterocycles. The second kappa shape index (κ2) is 14.0. The van der Waals surface area contributed by atoms with Gasteiger partial charge in [-0.3, -0.25) is 0 Å². The molecule has 1 aliphatic rings. The van der Waals surface area contributed by atoms with E-state index in [1.165, 1.54) is 18.5 Å². The van der Waals surface area contributed by atoms with E-state index in [4.69, 9.17) is 4.74 Å². The maximum absolute atomic E-state index is 10.3. The zero-order valence-electron chi connectivity index (χ0n) is 15.8. The number of halogens is 1. The van der Waals surface area contributed by atoms with Crippen LogP contribution in [0, 0.1) is 6.92 Å². The topological polar surface area (TPSA) is 32.7 Å². The fourth-order valence-corrected chi connectivity index (χ4v) is 5.33. The molecule has 1 heterocycles. The number of rotatable bonds is 11. The molecule has 0 spiro atoms. The van der Waals surface area contributed by atoms with Crippen LogP contribution in [-0.2, 0) is 37.4 Å². The van der Waals surface area contributed by atoms with Crippen LogP contribution < -0.4 is 4.90 Å². The number of unbranched alkanes of at least 4 members (excludes halogenated alkanes) is 2. The quantitative estimate of drug-likeness (QED) is 0.249. The monoisotopic (exact) mass is 517 g/mol. The smallest absolute Gasteiger partial charge is 0.0876 e. The van der Waals surface area contributed by atoms with Gasteiger partial charge in [-0.15, -0.1) is 11.8 Å². The number of hydrogen-bond acceptors (Lipinski definition) is 4. The second-order valence-corrected chi connectivity index (χ2v) is 8.88. The van der Waals surface area contributed by atoms with Crippen molar-refractivity contribution in [1.29, 1.82) is 0 Å². The number of aliphatic hydroxyl groups is 1. The van der Waals surface area contributed by atoms with Gasteiger partial charge < -0.3 is 21.7 Å². The fourth-order valence-electron chi connectivity index (χ4n) is 3.17. The van der Waals surface area contributed by atoms with E-state index in [2.05, 4.69) is 58.9 Å². The number of benzene rings is 1. The first-order valence-corrected chi connectivity index (χ1v) is 11.3. The molecule has 1 radical (unpaired) electrons. The molecule has 1 saturated heterocycles. The third-order valence-electron chi connectivity index (χ3n) is 4.61. The first kappa shape index (κ1) is 24.9. The summed E-state index contributed by atoms with van der Waals surface area (Å²) in [6.45, 7) is 8.24. The maximum atomic E-state index is 10.3. The number of ether oxygens (including phenoxy) is 1. The first-order chi connectivity index (χ1) is 12.2. The molecule has 3 atom stereocenters. The minimum Gasteiger partial charge on any atom is -0.413 e. The molecule has 145 valence electrons. The molecule has 3 unspecified atom stereocenters. The molecule has 0 bridgehead atoms. The van der Waals surface area contributed by atoms with Crippen LogP contribution in [0.1, 0.15) is 50.7 Å². The Hall–Kier alpha value is 0.874. The van der Waals surface area contributed by atoms with Crippen molar-refractivity contribution in [3.63, 3.8) is 0 Å². The van der Waals surface area contributed by atoms with Crippen molar-refractivity contribution in [2.75, 3.05) is 30.4 Å². The third kappa shape index (κ3) is 7.71. The number of alkyl halides is 1. The van der Waals surface area contributed by atoms with Gasteiger partial charge in [0.2, 0.25) is 0 Å². The molecule has 1 aromatic carbocycles. The predicted octanol–water partition coefficient (Wildman–Crippen LogP) is 5.18. The summed E-state index contributed by atoms with van der Waals surface area (Å²) in [6, 6.07) is 8.48. The molecule has 0 aliphatic carbocycles.